The summed E-state index contributed by atoms with van der Waals surface area (Å²) in [6.45, 7) is -0.370. The highest BCUT2D eigenvalue weighted by Gasteiger charge is 2.25. The summed E-state index contributed by atoms with van der Waals surface area (Å²) >= 11 is 0. The second kappa shape index (κ2) is 4.26. The number of hydrogen-bond acceptors (Lipinski definition) is 3. The monoisotopic (exact) mass is 220 g/mol. The number of carboxylic acid groups (broad SMARTS) is 1. The number of carbonyl (C=O) groups is 1. The maximum atomic E-state index is 13.3. The van der Waals surface area contributed by atoms with Crippen LogP contribution in [0.4, 0.5) is 13.2 Å². The van der Waals surface area contributed by atoms with E-state index >= 15 is 0 Å². The number of rotatable bonds is 3. The quantitative estimate of drug-likeness (QED) is 0.805. The Morgan fingerprint density at radius 3 is 2.60 bits per heavy atom. The molecule has 0 radical (unpaired) electrons. The van der Waals surface area contributed by atoms with Crippen LogP contribution in [0.15, 0.2) is 6.20 Å². The maximum Gasteiger partial charge on any atom is 0.337 e. The number of aromatic carboxylic acids is 1. The summed E-state index contributed by atoms with van der Waals surface area (Å²) in [6, 6.07) is 0. The molecule has 1 aromatic heterocycles. The van der Waals surface area contributed by atoms with Crippen molar-refractivity contribution >= 4 is 5.97 Å². The molecular formula is C8H7F3N2O2. The fourth-order valence-electron chi connectivity index (χ4n) is 1.07. The molecule has 1 rings (SSSR count). The number of halogens is 3. The fourth-order valence-corrected chi connectivity index (χ4v) is 1.07. The molecule has 0 bridgehead atoms. The number of hydrogen-bond donors (Lipinski definition) is 2. The molecule has 0 saturated carbocycles. The Morgan fingerprint density at radius 2 is 2.20 bits per heavy atom. The topological polar surface area (TPSA) is 76.2 Å². The summed E-state index contributed by atoms with van der Waals surface area (Å²) < 4.78 is 38.0. The summed E-state index contributed by atoms with van der Waals surface area (Å²) in [5.41, 5.74) is 2.66. The molecule has 0 aliphatic carbocycles. The van der Waals surface area contributed by atoms with Gasteiger partial charge in [-0.1, -0.05) is 0 Å². The molecule has 0 saturated heterocycles. The standard InChI is InChI=1S/C8H7F3N2O2/c9-6-4(1-12)13-2-3(8(14)15)5(6)7(10)11/h2,7H,1,12H2,(H,14,15). The average Bonchev–Trinajstić information content (AvgIpc) is 2.16. The van der Waals surface area contributed by atoms with Crippen LogP contribution in [-0.4, -0.2) is 16.1 Å². The van der Waals surface area contributed by atoms with E-state index in [9.17, 15) is 18.0 Å². The van der Waals surface area contributed by atoms with E-state index in [0.717, 1.165) is 0 Å². The highest BCUT2D eigenvalue weighted by atomic mass is 19.3. The molecule has 15 heavy (non-hydrogen) atoms. The number of pyridine rings is 1. The molecule has 0 aliphatic heterocycles. The molecule has 0 atom stereocenters. The van der Waals surface area contributed by atoms with Gasteiger partial charge in [-0.15, -0.1) is 0 Å². The van der Waals surface area contributed by atoms with Gasteiger partial charge in [0.2, 0.25) is 0 Å². The largest absolute Gasteiger partial charge is 0.478 e. The molecule has 7 heteroatoms. The molecule has 1 heterocycles. The predicted molar refractivity (Wildman–Crippen MR) is 44.0 cm³/mol. The van der Waals surface area contributed by atoms with Gasteiger partial charge in [-0.2, -0.15) is 0 Å². The molecule has 4 nitrogen and oxygen atoms in total. The van der Waals surface area contributed by atoms with Crippen LogP contribution in [0.1, 0.15) is 28.0 Å². The van der Waals surface area contributed by atoms with Crippen molar-refractivity contribution in [3.8, 4) is 0 Å². The molecule has 0 fully saturated rings. The lowest BCUT2D eigenvalue weighted by Crippen LogP contribution is -2.12. The van der Waals surface area contributed by atoms with Gasteiger partial charge in [0.1, 0.15) is 0 Å². The molecular weight excluding hydrogens is 213 g/mol. The van der Waals surface area contributed by atoms with Crippen molar-refractivity contribution < 1.29 is 23.1 Å². The highest BCUT2D eigenvalue weighted by Crippen LogP contribution is 2.26. The third-order valence-corrected chi connectivity index (χ3v) is 1.77. The van der Waals surface area contributed by atoms with Crippen LogP contribution in [0.5, 0.6) is 0 Å². The molecule has 1 aromatic rings. The lowest BCUT2D eigenvalue weighted by molar-refractivity contribution is 0.0681. The van der Waals surface area contributed by atoms with E-state index in [1.807, 2.05) is 0 Å². The van der Waals surface area contributed by atoms with E-state index in [2.05, 4.69) is 4.98 Å². The first kappa shape index (κ1) is 11.4. The Balaban J connectivity index is 3.44. The van der Waals surface area contributed by atoms with Crippen LogP contribution in [0, 0.1) is 5.82 Å². The zero-order chi connectivity index (χ0) is 11.6. The van der Waals surface area contributed by atoms with Gasteiger partial charge in [0.05, 0.1) is 16.8 Å². The van der Waals surface area contributed by atoms with E-state index in [-0.39, 0.29) is 12.2 Å². The van der Waals surface area contributed by atoms with Crippen LogP contribution in [0.25, 0.3) is 0 Å². The van der Waals surface area contributed by atoms with Gasteiger partial charge in [-0.25, -0.2) is 18.0 Å². The number of aromatic nitrogens is 1. The lowest BCUT2D eigenvalue weighted by atomic mass is 10.1. The van der Waals surface area contributed by atoms with Gasteiger partial charge >= 0.3 is 5.97 Å². The molecule has 0 unspecified atom stereocenters. The predicted octanol–water partition coefficient (Wildman–Crippen LogP) is 1.32. The van der Waals surface area contributed by atoms with Crippen molar-refractivity contribution in [3.63, 3.8) is 0 Å². The van der Waals surface area contributed by atoms with Crippen LogP contribution in [0.3, 0.4) is 0 Å². The third kappa shape index (κ3) is 2.07. The van der Waals surface area contributed by atoms with E-state index < -0.39 is 29.3 Å². The van der Waals surface area contributed by atoms with Crippen molar-refractivity contribution in [2.75, 3.05) is 0 Å². The van der Waals surface area contributed by atoms with Crippen molar-refractivity contribution in [1.29, 1.82) is 0 Å². The van der Waals surface area contributed by atoms with Crippen molar-refractivity contribution in [2.45, 2.75) is 13.0 Å². The minimum Gasteiger partial charge on any atom is -0.478 e. The Labute approximate surface area is 82.5 Å². The Hall–Kier alpha value is -1.63. The van der Waals surface area contributed by atoms with Gasteiger partial charge in [0.25, 0.3) is 6.43 Å². The molecule has 3 N–H and O–H groups in total. The van der Waals surface area contributed by atoms with Gasteiger partial charge < -0.3 is 10.8 Å². The summed E-state index contributed by atoms with van der Waals surface area (Å²) in [6.07, 6.45) is -2.54. The van der Waals surface area contributed by atoms with Gasteiger partial charge in [0, 0.05) is 12.7 Å². The highest BCUT2D eigenvalue weighted by molar-refractivity contribution is 5.89. The van der Waals surface area contributed by atoms with Crippen LogP contribution in [-0.2, 0) is 6.54 Å². The number of carboxylic acids is 1. The minimum absolute atomic E-state index is 0.370. The molecule has 0 amide bonds. The normalized spacial score (nSPS) is 10.7. The Bertz CT molecular complexity index is 396. The zero-order valence-corrected chi connectivity index (χ0v) is 7.38. The Kier molecular flexibility index (Phi) is 3.25. The number of nitrogens with two attached hydrogens (primary N) is 1. The minimum atomic E-state index is -3.22. The lowest BCUT2D eigenvalue weighted by Gasteiger charge is -2.08. The second-order valence-corrected chi connectivity index (χ2v) is 2.66. The smallest absolute Gasteiger partial charge is 0.337 e. The number of alkyl halides is 2. The SMILES string of the molecule is NCc1ncc(C(=O)O)c(C(F)F)c1F. The second-order valence-electron chi connectivity index (χ2n) is 2.66. The summed E-state index contributed by atoms with van der Waals surface area (Å²) in [5.74, 6) is -3.01. The van der Waals surface area contributed by atoms with Crippen molar-refractivity contribution in [1.82, 2.24) is 4.98 Å². The first-order chi connectivity index (χ1) is 6.99. The van der Waals surface area contributed by atoms with E-state index in [1.54, 1.807) is 0 Å². The average molecular weight is 220 g/mol. The molecule has 0 aromatic carbocycles. The fraction of sp³-hybridized carbons (Fsp3) is 0.250. The molecule has 0 aliphatic rings. The first-order valence-electron chi connectivity index (χ1n) is 3.87. The van der Waals surface area contributed by atoms with Crippen LogP contribution in [0.2, 0.25) is 0 Å². The number of nitrogens with zero attached hydrogens (tertiary/aromatic N) is 1. The summed E-state index contributed by atoms with van der Waals surface area (Å²) in [7, 11) is 0. The van der Waals surface area contributed by atoms with Gasteiger partial charge in [0.15, 0.2) is 5.82 Å². The van der Waals surface area contributed by atoms with Crippen molar-refractivity contribution in [2.24, 2.45) is 5.73 Å². The van der Waals surface area contributed by atoms with Crippen molar-refractivity contribution in [3.05, 3.63) is 28.8 Å². The van der Waals surface area contributed by atoms with E-state index in [0.29, 0.717) is 6.20 Å². The molecule has 0 spiro atoms. The van der Waals surface area contributed by atoms with Gasteiger partial charge in [-0.05, 0) is 0 Å². The molecule has 82 valence electrons. The van der Waals surface area contributed by atoms with Crippen LogP contribution >= 0.6 is 0 Å². The maximum absolute atomic E-state index is 13.3. The van der Waals surface area contributed by atoms with Gasteiger partial charge in [-0.3, -0.25) is 4.98 Å². The summed E-state index contributed by atoms with van der Waals surface area (Å²) in [5, 5.41) is 8.53. The Morgan fingerprint density at radius 1 is 1.60 bits per heavy atom. The van der Waals surface area contributed by atoms with E-state index in [1.165, 1.54) is 0 Å². The zero-order valence-electron chi connectivity index (χ0n) is 7.38. The summed E-state index contributed by atoms with van der Waals surface area (Å²) in [4.78, 5) is 13.9. The first-order valence-corrected chi connectivity index (χ1v) is 3.87. The third-order valence-electron chi connectivity index (χ3n) is 1.77. The van der Waals surface area contributed by atoms with E-state index in [4.69, 9.17) is 10.8 Å². The van der Waals surface area contributed by atoms with Crippen LogP contribution < -0.4 is 5.73 Å².